The Morgan fingerprint density at radius 3 is 2.39 bits per heavy atom. The molecule has 0 saturated heterocycles. The van der Waals surface area contributed by atoms with Gasteiger partial charge in [-0.25, -0.2) is 18.2 Å². The Balaban J connectivity index is 1.84. The first-order valence-electron chi connectivity index (χ1n) is 10.0. The number of nitrogens with two attached hydrogens (primary N) is 1. The average Bonchev–Trinajstić information content (AvgIpc) is 3.31. The molecule has 1 aromatic heterocycles. The van der Waals surface area contributed by atoms with Crippen molar-refractivity contribution in [2.75, 3.05) is 11.9 Å². The van der Waals surface area contributed by atoms with E-state index in [2.05, 4.69) is 10.3 Å². The molecule has 9 nitrogen and oxygen atoms in total. The fraction of sp³-hybridized carbons (Fsp3) is 0.227. The summed E-state index contributed by atoms with van der Waals surface area (Å²) in [5.74, 6) is -2.23. The maximum Gasteiger partial charge on any atom is 0.338 e. The van der Waals surface area contributed by atoms with Crippen molar-refractivity contribution in [2.45, 2.75) is 23.7 Å². The second kappa shape index (κ2) is 10.6. The number of ether oxygens (including phenoxy) is 1. The molecule has 2 aromatic carbocycles. The van der Waals surface area contributed by atoms with Crippen LogP contribution in [0.4, 0.5) is 5.69 Å². The second-order valence-corrected chi connectivity index (χ2v) is 9.66. The SMILES string of the molecule is CCOC(=O)c1ccc(NC(=O)C(Cn2ccnc2)C(N)S(=O)(=O)c2ccc(Cl)cc2)cc1. The Labute approximate surface area is 196 Å². The van der Waals surface area contributed by atoms with Crippen LogP contribution in [0.25, 0.3) is 0 Å². The van der Waals surface area contributed by atoms with Crippen LogP contribution in [0.3, 0.4) is 0 Å². The number of anilines is 1. The van der Waals surface area contributed by atoms with Crippen molar-refractivity contribution >= 4 is 39.0 Å². The fourth-order valence-electron chi connectivity index (χ4n) is 3.09. The molecular formula is C22H23ClN4O5S. The number of carbonyl (C=O) groups excluding carboxylic acids is 2. The van der Waals surface area contributed by atoms with E-state index in [0.29, 0.717) is 16.3 Å². The summed E-state index contributed by atoms with van der Waals surface area (Å²) in [5, 5.41) is 1.51. The van der Waals surface area contributed by atoms with Gasteiger partial charge in [0.2, 0.25) is 5.91 Å². The zero-order chi connectivity index (χ0) is 24.0. The summed E-state index contributed by atoms with van der Waals surface area (Å²) in [6.45, 7) is 1.93. The van der Waals surface area contributed by atoms with Crippen molar-refractivity contribution in [3.63, 3.8) is 0 Å². The number of carbonyl (C=O) groups is 2. The highest BCUT2D eigenvalue weighted by molar-refractivity contribution is 7.92. The van der Waals surface area contributed by atoms with Gasteiger partial charge >= 0.3 is 5.97 Å². The highest BCUT2D eigenvalue weighted by Crippen LogP contribution is 2.23. The third kappa shape index (κ3) is 5.98. The molecule has 1 amide bonds. The first-order chi connectivity index (χ1) is 15.7. The standard InChI is InChI=1S/C22H23ClN4O5S/c1-2-32-22(29)15-3-7-17(8-4-15)26-21(28)19(13-27-12-11-25-14-27)20(24)33(30,31)18-9-5-16(23)6-10-18/h3-12,14,19-20H,2,13,24H2,1H3,(H,26,28). The number of nitrogens with zero attached hydrogens (tertiary/aromatic N) is 2. The van der Waals surface area contributed by atoms with Crippen LogP contribution in [0.5, 0.6) is 0 Å². The van der Waals surface area contributed by atoms with Crippen LogP contribution in [0.2, 0.25) is 5.02 Å². The van der Waals surface area contributed by atoms with Gasteiger partial charge in [0.25, 0.3) is 0 Å². The van der Waals surface area contributed by atoms with Gasteiger partial charge in [-0.1, -0.05) is 11.6 Å². The van der Waals surface area contributed by atoms with Crippen LogP contribution in [0, 0.1) is 5.92 Å². The molecule has 3 rings (SSSR count). The van der Waals surface area contributed by atoms with E-state index in [4.69, 9.17) is 22.1 Å². The first kappa shape index (κ1) is 24.4. The van der Waals surface area contributed by atoms with Gasteiger partial charge in [-0.3, -0.25) is 4.79 Å². The largest absolute Gasteiger partial charge is 0.462 e. The summed E-state index contributed by atoms with van der Waals surface area (Å²) in [4.78, 5) is 28.8. The van der Waals surface area contributed by atoms with Crippen LogP contribution in [0.1, 0.15) is 17.3 Å². The summed E-state index contributed by atoms with van der Waals surface area (Å²) < 4.78 is 32.8. The van der Waals surface area contributed by atoms with E-state index >= 15 is 0 Å². The third-order valence-electron chi connectivity index (χ3n) is 4.86. The lowest BCUT2D eigenvalue weighted by atomic mass is 10.1. The van der Waals surface area contributed by atoms with E-state index in [1.54, 1.807) is 17.7 Å². The number of imidazole rings is 1. The maximum atomic E-state index is 13.1. The Kier molecular flexibility index (Phi) is 7.85. The zero-order valence-electron chi connectivity index (χ0n) is 17.7. The number of amides is 1. The summed E-state index contributed by atoms with van der Waals surface area (Å²) >= 11 is 5.86. The third-order valence-corrected chi connectivity index (χ3v) is 7.09. The van der Waals surface area contributed by atoms with E-state index in [0.717, 1.165) is 0 Å². The predicted octanol–water partition coefficient (Wildman–Crippen LogP) is 2.73. The molecule has 1 heterocycles. The minimum Gasteiger partial charge on any atom is -0.462 e. The van der Waals surface area contributed by atoms with Crippen molar-refractivity contribution in [1.82, 2.24) is 9.55 Å². The van der Waals surface area contributed by atoms with Crippen LogP contribution in [-0.4, -0.2) is 41.8 Å². The van der Waals surface area contributed by atoms with E-state index in [1.165, 1.54) is 61.1 Å². The summed E-state index contributed by atoms with van der Waals surface area (Å²) in [7, 11) is -4.06. The lowest BCUT2D eigenvalue weighted by molar-refractivity contribution is -0.120. The number of halogens is 1. The van der Waals surface area contributed by atoms with Gasteiger partial charge in [-0.2, -0.15) is 0 Å². The van der Waals surface area contributed by atoms with Gasteiger partial charge in [-0.05, 0) is 55.5 Å². The topological polar surface area (TPSA) is 133 Å². The Morgan fingerprint density at radius 2 is 1.82 bits per heavy atom. The van der Waals surface area contributed by atoms with E-state index < -0.39 is 33.0 Å². The molecule has 0 radical (unpaired) electrons. The molecule has 2 atom stereocenters. The van der Waals surface area contributed by atoms with E-state index in [9.17, 15) is 18.0 Å². The van der Waals surface area contributed by atoms with Crippen LogP contribution in [0.15, 0.2) is 72.1 Å². The van der Waals surface area contributed by atoms with Gasteiger partial charge in [0.15, 0.2) is 9.84 Å². The van der Waals surface area contributed by atoms with Gasteiger partial charge in [0.05, 0.1) is 29.3 Å². The molecule has 3 N–H and O–H groups in total. The number of nitrogens with one attached hydrogen (secondary N) is 1. The molecule has 0 aliphatic carbocycles. The molecule has 0 bridgehead atoms. The van der Waals surface area contributed by atoms with Gasteiger partial charge in [0.1, 0.15) is 5.37 Å². The molecule has 0 saturated carbocycles. The number of esters is 1. The second-order valence-electron chi connectivity index (χ2n) is 7.12. The number of hydrogen-bond donors (Lipinski definition) is 2. The maximum absolute atomic E-state index is 13.1. The van der Waals surface area contributed by atoms with Crippen LogP contribution >= 0.6 is 11.6 Å². The lowest BCUT2D eigenvalue weighted by Gasteiger charge is -2.24. The van der Waals surface area contributed by atoms with Gasteiger partial charge in [-0.15, -0.1) is 0 Å². The normalized spacial score (nSPS) is 13.2. The highest BCUT2D eigenvalue weighted by atomic mass is 35.5. The number of aromatic nitrogens is 2. The average molecular weight is 491 g/mol. The molecule has 3 aromatic rings. The van der Waals surface area contributed by atoms with Crippen molar-refractivity contribution in [1.29, 1.82) is 0 Å². The molecule has 33 heavy (non-hydrogen) atoms. The van der Waals surface area contributed by atoms with Gasteiger partial charge in [0, 0.05) is 29.6 Å². The Morgan fingerprint density at radius 1 is 1.15 bits per heavy atom. The quantitative estimate of drug-likeness (QED) is 0.440. The number of sulfone groups is 1. The van der Waals surface area contributed by atoms with Crippen molar-refractivity contribution in [3.8, 4) is 0 Å². The Bertz CT molecular complexity index is 1200. The zero-order valence-corrected chi connectivity index (χ0v) is 19.3. The monoisotopic (exact) mass is 490 g/mol. The molecule has 0 aliphatic heterocycles. The smallest absolute Gasteiger partial charge is 0.338 e. The number of benzene rings is 2. The van der Waals surface area contributed by atoms with Crippen LogP contribution in [-0.2, 0) is 25.9 Å². The number of rotatable bonds is 9. The van der Waals surface area contributed by atoms with Crippen LogP contribution < -0.4 is 11.1 Å². The molecule has 0 fully saturated rings. The molecule has 0 spiro atoms. The van der Waals surface area contributed by atoms with Crippen molar-refractivity contribution in [3.05, 3.63) is 77.8 Å². The van der Waals surface area contributed by atoms with E-state index in [-0.39, 0.29) is 18.0 Å². The molecule has 174 valence electrons. The molecule has 0 aliphatic rings. The summed E-state index contributed by atoms with van der Waals surface area (Å²) in [6.07, 6.45) is 4.59. The summed E-state index contributed by atoms with van der Waals surface area (Å²) in [5.41, 5.74) is 6.86. The number of hydrogen-bond acceptors (Lipinski definition) is 7. The fourth-order valence-corrected chi connectivity index (χ4v) is 4.69. The van der Waals surface area contributed by atoms with Crippen molar-refractivity contribution < 1.29 is 22.7 Å². The highest BCUT2D eigenvalue weighted by Gasteiger charge is 2.36. The molecule has 11 heteroatoms. The van der Waals surface area contributed by atoms with Crippen molar-refractivity contribution in [2.24, 2.45) is 11.7 Å². The van der Waals surface area contributed by atoms with Gasteiger partial charge < -0.3 is 20.4 Å². The Hall–Kier alpha value is -3.21. The molecule has 2 unspecified atom stereocenters. The molecular weight excluding hydrogens is 468 g/mol. The first-order valence-corrected chi connectivity index (χ1v) is 11.9. The lowest BCUT2D eigenvalue weighted by Crippen LogP contribution is -2.46. The minimum atomic E-state index is -4.06. The summed E-state index contributed by atoms with van der Waals surface area (Å²) in [6, 6.07) is 11.6. The minimum absolute atomic E-state index is 0.0132. The predicted molar refractivity (Wildman–Crippen MR) is 123 cm³/mol. The van der Waals surface area contributed by atoms with E-state index in [1.807, 2.05) is 0 Å².